The van der Waals surface area contributed by atoms with Crippen LogP contribution in [0, 0.1) is 13.8 Å². The Hall–Kier alpha value is -3.03. The van der Waals surface area contributed by atoms with E-state index in [0.717, 1.165) is 39.2 Å². The van der Waals surface area contributed by atoms with Gasteiger partial charge in [0.15, 0.2) is 0 Å². The molecule has 0 saturated heterocycles. The predicted octanol–water partition coefficient (Wildman–Crippen LogP) is 3.41. The molecule has 7 heteroatoms. The second-order valence-corrected chi connectivity index (χ2v) is 8.31. The van der Waals surface area contributed by atoms with Crippen LogP contribution in [0.15, 0.2) is 65.7 Å². The highest BCUT2D eigenvalue weighted by Gasteiger charge is 2.16. The molecule has 0 spiro atoms. The maximum absolute atomic E-state index is 11.5. The summed E-state index contributed by atoms with van der Waals surface area (Å²) in [6.07, 6.45) is 1.80. The van der Waals surface area contributed by atoms with E-state index in [9.17, 15) is 8.42 Å². The van der Waals surface area contributed by atoms with E-state index >= 15 is 0 Å². The summed E-state index contributed by atoms with van der Waals surface area (Å²) in [7, 11) is -3.70. The second kappa shape index (κ2) is 6.85. The molecule has 4 rings (SSSR count). The third-order valence-corrected chi connectivity index (χ3v) is 5.75. The number of hydrogen-bond acceptors (Lipinski definition) is 4. The van der Waals surface area contributed by atoms with Crippen molar-refractivity contribution in [3.05, 3.63) is 77.9 Å². The van der Waals surface area contributed by atoms with Gasteiger partial charge in [-0.1, -0.05) is 42.5 Å². The van der Waals surface area contributed by atoms with Crippen LogP contribution < -0.4 is 5.14 Å². The number of aromatic nitrogens is 3. The van der Waals surface area contributed by atoms with E-state index in [2.05, 4.69) is 26.7 Å². The molecular formula is C21H20N4O2S. The number of primary sulfonamides is 1. The molecule has 0 aliphatic carbocycles. The van der Waals surface area contributed by atoms with Crippen molar-refractivity contribution >= 4 is 21.1 Å². The third kappa shape index (κ3) is 3.30. The van der Waals surface area contributed by atoms with Crippen molar-refractivity contribution in [3.63, 3.8) is 0 Å². The average Bonchev–Trinajstić information content (AvgIpc) is 2.98. The number of hydrogen-bond donors (Lipinski definition) is 1. The highest BCUT2D eigenvalue weighted by molar-refractivity contribution is 7.89. The largest absolute Gasteiger partial charge is 0.323 e. The maximum atomic E-state index is 11.5. The summed E-state index contributed by atoms with van der Waals surface area (Å²) in [6, 6.07) is 16.8. The molecule has 0 fully saturated rings. The quantitative estimate of drug-likeness (QED) is 0.576. The van der Waals surface area contributed by atoms with E-state index in [1.54, 1.807) is 18.3 Å². The second-order valence-electron chi connectivity index (χ2n) is 6.75. The molecule has 6 nitrogen and oxygen atoms in total. The van der Waals surface area contributed by atoms with Gasteiger partial charge in [0, 0.05) is 17.8 Å². The zero-order valence-electron chi connectivity index (χ0n) is 15.6. The van der Waals surface area contributed by atoms with Crippen LogP contribution in [0.3, 0.4) is 0 Å². The Balaban J connectivity index is 1.86. The number of rotatable bonds is 4. The molecule has 0 saturated carbocycles. The van der Waals surface area contributed by atoms with Crippen molar-refractivity contribution in [2.45, 2.75) is 25.3 Å². The first-order valence-corrected chi connectivity index (χ1v) is 10.4. The van der Waals surface area contributed by atoms with Gasteiger partial charge in [0.2, 0.25) is 10.0 Å². The fourth-order valence-corrected chi connectivity index (χ4v) is 3.96. The highest BCUT2D eigenvalue weighted by Crippen LogP contribution is 2.31. The first kappa shape index (κ1) is 18.3. The van der Waals surface area contributed by atoms with Gasteiger partial charge in [0.05, 0.1) is 16.6 Å². The van der Waals surface area contributed by atoms with Gasteiger partial charge >= 0.3 is 0 Å². The Bertz CT molecular complexity index is 1260. The normalized spacial score (nSPS) is 11.8. The highest BCUT2D eigenvalue weighted by atomic mass is 32.2. The topological polar surface area (TPSA) is 90.9 Å². The van der Waals surface area contributed by atoms with Gasteiger partial charge in [0.25, 0.3) is 0 Å². The molecule has 0 aliphatic rings. The van der Waals surface area contributed by atoms with Crippen molar-refractivity contribution in [2.75, 3.05) is 0 Å². The van der Waals surface area contributed by atoms with Gasteiger partial charge in [-0.3, -0.25) is 4.98 Å². The molecule has 28 heavy (non-hydrogen) atoms. The fourth-order valence-electron chi connectivity index (χ4n) is 3.45. The lowest BCUT2D eigenvalue weighted by Gasteiger charge is -2.13. The molecule has 0 atom stereocenters. The smallest absolute Gasteiger partial charge is 0.238 e. The molecule has 0 amide bonds. The lowest BCUT2D eigenvalue weighted by atomic mass is 10.0. The molecule has 0 aliphatic heterocycles. The van der Waals surface area contributed by atoms with Gasteiger partial charge in [-0.15, -0.1) is 0 Å². The van der Waals surface area contributed by atoms with Crippen LogP contribution in [0.5, 0.6) is 0 Å². The minimum Gasteiger partial charge on any atom is -0.323 e. The SMILES string of the molecule is Cc1ncc2nc(C)n(Cc3ccc(S(N)(=O)=O)cc3)c2c1-c1ccccc1. The average molecular weight is 392 g/mol. The van der Waals surface area contributed by atoms with Crippen LogP contribution >= 0.6 is 0 Å². The van der Waals surface area contributed by atoms with Gasteiger partial charge in [-0.25, -0.2) is 18.5 Å². The molecule has 2 heterocycles. The Morgan fingerprint density at radius 1 is 1.00 bits per heavy atom. The van der Waals surface area contributed by atoms with Gasteiger partial charge in [0.1, 0.15) is 11.3 Å². The number of pyridine rings is 1. The minimum atomic E-state index is -3.70. The maximum Gasteiger partial charge on any atom is 0.238 e. The van der Waals surface area contributed by atoms with E-state index in [0.29, 0.717) is 6.54 Å². The molecule has 2 aromatic heterocycles. The van der Waals surface area contributed by atoms with Gasteiger partial charge < -0.3 is 4.57 Å². The Morgan fingerprint density at radius 3 is 2.32 bits per heavy atom. The first-order valence-electron chi connectivity index (χ1n) is 8.84. The molecule has 0 bridgehead atoms. The van der Waals surface area contributed by atoms with Crippen molar-refractivity contribution in [2.24, 2.45) is 5.14 Å². The third-order valence-electron chi connectivity index (χ3n) is 4.82. The zero-order chi connectivity index (χ0) is 19.9. The van der Waals surface area contributed by atoms with Crippen molar-refractivity contribution in [1.82, 2.24) is 14.5 Å². The number of benzene rings is 2. The van der Waals surface area contributed by atoms with Gasteiger partial charge in [-0.05, 0) is 37.1 Å². The summed E-state index contributed by atoms with van der Waals surface area (Å²) in [5.41, 5.74) is 5.89. The number of imidazole rings is 1. The number of fused-ring (bicyclic) bond motifs is 1. The van der Waals surface area contributed by atoms with Crippen LogP contribution in [0.4, 0.5) is 0 Å². The Morgan fingerprint density at radius 2 is 1.68 bits per heavy atom. The van der Waals surface area contributed by atoms with Crippen LogP contribution in [0.1, 0.15) is 17.1 Å². The molecule has 2 N–H and O–H groups in total. The standard InChI is InChI=1S/C21H20N4O2S/c1-14-20(17-6-4-3-5-7-17)21-19(12-23-14)24-15(2)25(21)13-16-8-10-18(11-9-16)28(22,26)27/h3-12H,13H2,1-2H3,(H2,22,26,27). The minimum absolute atomic E-state index is 0.105. The molecule has 142 valence electrons. The Kier molecular flexibility index (Phi) is 4.49. The van der Waals surface area contributed by atoms with Crippen molar-refractivity contribution in [3.8, 4) is 11.1 Å². The summed E-state index contributed by atoms with van der Waals surface area (Å²) < 4.78 is 25.1. The number of sulfonamides is 1. The predicted molar refractivity (Wildman–Crippen MR) is 109 cm³/mol. The fraction of sp³-hybridized carbons (Fsp3) is 0.143. The lowest BCUT2D eigenvalue weighted by molar-refractivity contribution is 0.597. The Labute approximate surface area is 163 Å². The summed E-state index contributed by atoms with van der Waals surface area (Å²) in [6.45, 7) is 4.52. The van der Waals surface area contributed by atoms with E-state index in [1.807, 2.05) is 32.0 Å². The number of nitrogens with zero attached hydrogens (tertiary/aromatic N) is 3. The molecule has 0 unspecified atom stereocenters. The first-order chi connectivity index (χ1) is 13.3. The lowest BCUT2D eigenvalue weighted by Crippen LogP contribution is -2.12. The van der Waals surface area contributed by atoms with Crippen LogP contribution in [0.2, 0.25) is 0 Å². The summed E-state index contributed by atoms with van der Waals surface area (Å²) in [5, 5.41) is 5.19. The number of aryl methyl sites for hydroxylation is 2. The van der Waals surface area contributed by atoms with Gasteiger partial charge in [-0.2, -0.15) is 0 Å². The van der Waals surface area contributed by atoms with Crippen molar-refractivity contribution in [1.29, 1.82) is 0 Å². The molecule has 2 aromatic carbocycles. The van der Waals surface area contributed by atoms with Crippen molar-refractivity contribution < 1.29 is 8.42 Å². The molecular weight excluding hydrogens is 372 g/mol. The summed E-state index contributed by atoms with van der Waals surface area (Å²) >= 11 is 0. The van der Waals surface area contributed by atoms with Crippen LogP contribution in [-0.4, -0.2) is 23.0 Å². The monoisotopic (exact) mass is 392 g/mol. The summed E-state index contributed by atoms with van der Waals surface area (Å²) in [4.78, 5) is 9.31. The van der Waals surface area contributed by atoms with E-state index in [-0.39, 0.29) is 4.90 Å². The number of nitrogens with two attached hydrogens (primary N) is 1. The zero-order valence-corrected chi connectivity index (χ0v) is 16.4. The van der Waals surface area contributed by atoms with Crippen LogP contribution in [-0.2, 0) is 16.6 Å². The van der Waals surface area contributed by atoms with E-state index < -0.39 is 10.0 Å². The molecule has 0 radical (unpaired) electrons. The molecule has 4 aromatic rings. The summed E-state index contributed by atoms with van der Waals surface area (Å²) in [5.74, 6) is 0.870. The van der Waals surface area contributed by atoms with Crippen LogP contribution in [0.25, 0.3) is 22.2 Å². The van der Waals surface area contributed by atoms with E-state index in [4.69, 9.17) is 5.14 Å². The van der Waals surface area contributed by atoms with E-state index in [1.165, 1.54) is 12.1 Å².